The van der Waals surface area contributed by atoms with E-state index >= 15 is 0 Å². The summed E-state index contributed by atoms with van der Waals surface area (Å²) in [7, 11) is 0. The zero-order valence-electron chi connectivity index (χ0n) is 11.6. The molecule has 2 heteroatoms. The largest absolute Gasteiger partial charge is 0.378 e. The van der Waals surface area contributed by atoms with Crippen molar-refractivity contribution in [2.24, 2.45) is 5.92 Å². The first-order valence-electron chi connectivity index (χ1n) is 7.17. The molecular weight excluding hydrogens is 312 g/mol. The number of benzene rings is 2. The van der Waals surface area contributed by atoms with Gasteiger partial charge in [0.05, 0.1) is 6.10 Å². The van der Waals surface area contributed by atoms with Gasteiger partial charge >= 0.3 is 0 Å². The molecule has 2 aromatic rings. The van der Waals surface area contributed by atoms with Crippen molar-refractivity contribution in [3.8, 4) is 11.1 Å². The van der Waals surface area contributed by atoms with Crippen LogP contribution in [0.2, 0.25) is 0 Å². The molecule has 1 fully saturated rings. The van der Waals surface area contributed by atoms with Crippen LogP contribution in [0.25, 0.3) is 11.1 Å². The third kappa shape index (κ3) is 2.82. The quantitative estimate of drug-likeness (QED) is 0.701. The molecule has 3 rings (SSSR count). The fraction of sp³-hybridized carbons (Fsp3) is 0.333. The highest BCUT2D eigenvalue weighted by Crippen LogP contribution is 2.39. The topological polar surface area (TPSA) is 9.23 Å². The van der Waals surface area contributed by atoms with Gasteiger partial charge in [0.15, 0.2) is 0 Å². The second-order valence-corrected chi connectivity index (χ2v) is 6.40. The van der Waals surface area contributed by atoms with Crippen molar-refractivity contribution in [1.29, 1.82) is 0 Å². The van der Waals surface area contributed by atoms with Gasteiger partial charge in [0.1, 0.15) is 0 Å². The van der Waals surface area contributed by atoms with Gasteiger partial charge in [-0.3, -0.25) is 0 Å². The molecule has 1 saturated heterocycles. The van der Waals surface area contributed by atoms with Crippen LogP contribution in [0.15, 0.2) is 54.6 Å². The van der Waals surface area contributed by atoms with Crippen molar-refractivity contribution >= 4 is 15.9 Å². The summed E-state index contributed by atoms with van der Waals surface area (Å²) in [5, 5.41) is 0. The molecule has 0 bridgehead atoms. The Labute approximate surface area is 129 Å². The Morgan fingerprint density at radius 3 is 2.25 bits per heavy atom. The Morgan fingerprint density at radius 1 is 1.00 bits per heavy atom. The molecule has 0 spiro atoms. The van der Waals surface area contributed by atoms with E-state index in [-0.39, 0.29) is 0 Å². The van der Waals surface area contributed by atoms with E-state index in [0.717, 1.165) is 13.0 Å². The molecule has 0 radical (unpaired) electrons. The van der Waals surface area contributed by atoms with Gasteiger partial charge in [-0.15, -0.1) is 0 Å². The van der Waals surface area contributed by atoms with Crippen LogP contribution in [0.5, 0.6) is 0 Å². The van der Waals surface area contributed by atoms with Crippen molar-refractivity contribution in [3.63, 3.8) is 0 Å². The van der Waals surface area contributed by atoms with E-state index in [9.17, 15) is 0 Å². The smallest absolute Gasteiger partial charge is 0.0589 e. The first-order chi connectivity index (χ1) is 9.75. The van der Waals surface area contributed by atoms with Gasteiger partial charge in [0, 0.05) is 17.4 Å². The molecule has 20 heavy (non-hydrogen) atoms. The van der Waals surface area contributed by atoms with E-state index in [0.29, 0.717) is 16.8 Å². The van der Waals surface area contributed by atoms with Crippen LogP contribution < -0.4 is 0 Å². The highest BCUT2D eigenvalue weighted by atomic mass is 79.9. The molecule has 0 aromatic heterocycles. The predicted octanol–water partition coefficient (Wildman–Crippen LogP) is 5.21. The molecule has 0 N–H and O–H groups in total. The highest BCUT2D eigenvalue weighted by Gasteiger charge is 2.31. The van der Waals surface area contributed by atoms with Gasteiger partial charge in [-0.05, 0) is 30.0 Å². The fourth-order valence-electron chi connectivity index (χ4n) is 2.87. The van der Waals surface area contributed by atoms with Crippen LogP contribution in [-0.2, 0) is 4.74 Å². The van der Waals surface area contributed by atoms with Crippen molar-refractivity contribution in [2.45, 2.75) is 24.3 Å². The lowest BCUT2D eigenvalue weighted by atomic mass is 9.93. The van der Waals surface area contributed by atoms with Gasteiger partial charge in [0.2, 0.25) is 0 Å². The van der Waals surface area contributed by atoms with Crippen LogP contribution >= 0.6 is 15.9 Å². The van der Waals surface area contributed by atoms with E-state index in [1.807, 2.05) is 6.07 Å². The number of alkyl halides is 1. The second-order valence-electron chi connectivity index (χ2n) is 5.42. The van der Waals surface area contributed by atoms with Gasteiger partial charge in [0.25, 0.3) is 0 Å². The number of rotatable bonds is 3. The summed E-state index contributed by atoms with van der Waals surface area (Å²) < 4.78 is 5.67. The van der Waals surface area contributed by atoms with E-state index in [2.05, 4.69) is 71.4 Å². The SMILES string of the molecule is CC1OCCC1C(Br)c1ccc(-c2ccccc2)cc1. The third-order valence-corrected chi connectivity index (χ3v) is 5.35. The summed E-state index contributed by atoms with van der Waals surface area (Å²) in [6.45, 7) is 3.06. The van der Waals surface area contributed by atoms with Gasteiger partial charge in [-0.1, -0.05) is 70.5 Å². The molecule has 1 heterocycles. The minimum absolute atomic E-state index is 0.341. The maximum absolute atomic E-state index is 5.67. The summed E-state index contributed by atoms with van der Waals surface area (Å²) in [5.74, 6) is 0.567. The minimum atomic E-state index is 0.341. The number of halogens is 1. The molecule has 2 aromatic carbocycles. The molecule has 1 aliphatic rings. The maximum atomic E-state index is 5.67. The first kappa shape index (κ1) is 13.8. The van der Waals surface area contributed by atoms with Crippen LogP contribution in [0.4, 0.5) is 0 Å². The minimum Gasteiger partial charge on any atom is -0.378 e. The molecule has 0 aliphatic carbocycles. The normalized spacial score (nSPS) is 23.7. The molecular formula is C18H19BrO. The van der Waals surface area contributed by atoms with Crippen LogP contribution in [0, 0.1) is 5.92 Å². The molecule has 1 aliphatic heterocycles. The Morgan fingerprint density at radius 2 is 1.65 bits per heavy atom. The van der Waals surface area contributed by atoms with E-state index < -0.39 is 0 Å². The molecule has 3 atom stereocenters. The highest BCUT2D eigenvalue weighted by molar-refractivity contribution is 9.09. The van der Waals surface area contributed by atoms with Crippen molar-refractivity contribution in [2.75, 3.05) is 6.61 Å². The average Bonchev–Trinajstić information content (AvgIpc) is 2.94. The van der Waals surface area contributed by atoms with Gasteiger partial charge in [-0.2, -0.15) is 0 Å². The zero-order chi connectivity index (χ0) is 13.9. The van der Waals surface area contributed by atoms with Gasteiger partial charge < -0.3 is 4.74 Å². The first-order valence-corrected chi connectivity index (χ1v) is 8.08. The second kappa shape index (κ2) is 6.11. The molecule has 1 nitrogen and oxygen atoms in total. The Kier molecular flexibility index (Phi) is 4.23. The van der Waals surface area contributed by atoms with E-state index in [1.165, 1.54) is 16.7 Å². The summed E-state index contributed by atoms with van der Waals surface area (Å²) in [6, 6.07) is 19.4. The lowest BCUT2D eigenvalue weighted by Crippen LogP contribution is -2.16. The monoisotopic (exact) mass is 330 g/mol. The van der Waals surface area contributed by atoms with Crippen molar-refractivity contribution < 1.29 is 4.74 Å². The average molecular weight is 331 g/mol. The lowest BCUT2D eigenvalue weighted by Gasteiger charge is -2.21. The number of hydrogen-bond acceptors (Lipinski definition) is 1. The zero-order valence-corrected chi connectivity index (χ0v) is 13.2. The fourth-order valence-corrected chi connectivity index (χ4v) is 3.87. The Balaban J connectivity index is 1.79. The standard InChI is InChI=1S/C18H19BrO/c1-13-17(11-12-20-13)18(19)16-9-7-15(8-10-16)14-5-3-2-4-6-14/h2-10,13,17-18H,11-12H2,1H3. The number of hydrogen-bond donors (Lipinski definition) is 0. The Bertz CT molecular complexity index is 549. The van der Waals surface area contributed by atoms with E-state index in [1.54, 1.807) is 0 Å². The summed E-state index contributed by atoms with van der Waals surface area (Å²) in [4.78, 5) is 0.379. The van der Waals surface area contributed by atoms with Crippen LogP contribution in [-0.4, -0.2) is 12.7 Å². The van der Waals surface area contributed by atoms with E-state index in [4.69, 9.17) is 4.74 Å². The lowest BCUT2D eigenvalue weighted by molar-refractivity contribution is 0.105. The third-order valence-electron chi connectivity index (χ3n) is 4.15. The number of ether oxygens (including phenoxy) is 1. The van der Waals surface area contributed by atoms with Crippen LogP contribution in [0.1, 0.15) is 23.7 Å². The van der Waals surface area contributed by atoms with Gasteiger partial charge in [-0.25, -0.2) is 0 Å². The van der Waals surface area contributed by atoms with Crippen molar-refractivity contribution in [1.82, 2.24) is 0 Å². The Hall–Kier alpha value is -1.12. The molecule has 104 valence electrons. The molecule has 3 unspecified atom stereocenters. The van der Waals surface area contributed by atoms with Crippen molar-refractivity contribution in [3.05, 3.63) is 60.2 Å². The summed E-state index contributed by atoms with van der Waals surface area (Å²) in [6.07, 6.45) is 1.48. The summed E-state index contributed by atoms with van der Waals surface area (Å²) in [5.41, 5.74) is 3.87. The maximum Gasteiger partial charge on any atom is 0.0589 e. The van der Waals surface area contributed by atoms with Crippen LogP contribution in [0.3, 0.4) is 0 Å². The summed E-state index contributed by atoms with van der Waals surface area (Å²) >= 11 is 3.85. The molecule has 0 saturated carbocycles. The molecule has 0 amide bonds. The predicted molar refractivity (Wildman–Crippen MR) is 87.1 cm³/mol.